The Morgan fingerprint density at radius 2 is 2.05 bits per heavy atom. The third kappa shape index (κ3) is 2.51. The second kappa shape index (κ2) is 5.81. The topological polar surface area (TPSA) is 64.9 Å². The number of rotatable bonds is 4. The standard InChI is InChI=1S/C15H21N5O/c1-16-15(9-4-3-5-10-15)14-17-18-19-20(14)12-7-6-8-13(11-12)21-2/h6-8,11,16H,3-5,9-10H2,1-2H3. The Morgan fingerprint density at radius 1 is 1.24 bits per heavy atom. The molecule has 1 heterocycles. The van der Waals surface area contributed by atoms with Gasteiger partial charge < -0.3 is 10.1 Å². The van der Waals surface area contributed by atoms with Gasteiger partial charge in [-0.05, 0) is 42.4 Å². The summed E-state index contributed by atoms with van der Waals surface area (Å²) < 4.78 is 7.12. The predicted molar refractivity (Wildman–Crippen MR) is 79.5 cm³/mol. The van der Waals surface area contributed by atoms with Gasteiger partial charge in [0.2, 0.25) is 0 Å². The van der Waals surface area contributed by atoms with Gasteiger partial charge in [-0.2, -0.15) is 4.68 Å². The minimum absolute atomic E-state index is 0.134. The quantitative estimate of drug-likeness (QED) is 0.932. The zero-order chi connectivity index (χ0) is 14.7. The van der Waals surface area contributed by atoms with E-state index in [1.807, 2.05) is 36.0 Å². The van der Waals surface area contributed by atoms with Gasteiger partial charge in [-0.1, -0.05) is 25.3 Å². The molecule has 0 unspecified atom stereocenters. The van der Waals surface area contributed by atoms with Crippen molar-refractivity contribution >= 4 is 0 Å². The number of hydrogen-bond donors (Lipinski definition) is 1. The molecule has 0 atom stereocenters. The SMILES string of the molecule is CNC1(c2nnnn2-c2cccc(OC)c2)CCCCC1. The van der Waals surface area contributed by atoms with Crippen LogP contribution in [-0.4, -0.2) is 34.4 Å². The summed E-state index contributed by atoms with van der Waals surface area (Å²) >= 11 is 0. The number of aromatic nitrogens is 4. The predicted octanol–water partition coefficient (Wildman–Crippen LogP) is 2.05. The molecule has 112 valence electrons. The van der Waals surface area contributed by atoms with E-state index in [9.17, 15) is 0 Å². The molecule has 0 radical (unpaired) electrons. The van der Waals surface area contributed by atoms with E-state index in [1.165, 1.54) is 19.3 Å². The Balaban J connectivity index is 2.03. The summed E-state index contributed by atoms with van der Waals surface area (Å²) in [7, 11) is 3.66. The second-order valence-electron chi connectivity index (χ2n) is 5.51. The van der Waals surface area contributed by atoms with Crippen LogP contribution in [0.3, 0.4) is 0 Å². The molecule has 1 aromatic carbocycles. The fourth-order valence-corrected chi connectivity index (χ4v) is 3.14. The third-order valence-electron chi connectivity index (χ3n) is 4.38. The average Bonchev–Trinajstić information content (AvgIpc) is 3.06. The van der Waals surface area contributed by atoms with Crippen LogP contribution in [0, 0.1) is 0 Å². The molecule has 1 fully saturated rings. The Morgan fingerprint density at radius 3 is 2.76 bits per heavy atom. The molecule has 3 rings (SSSR count). The van der Waals surface area contributed by atoms with Crippen molar-refractivity contribution in [1.82, 2.24) is 25.5 Å². The smallest absolute Gasteiger partial charge is 0.176 e. The minimum atomic E-state index is -0.134. The zero-order valence-electron chi connectivity index (χ0n) is 12.5. The molecule has 0 spiro atoms. The molecule has 1 saturated carbocycles. The summed E-state index contributed by atoms with van der Waals surface area (Å²) in [6.07, 6.45) is 5.81. The van der Waals surface area contributed by atoms with Crippen LogP contribution in [0.4, 0.5) is 0 Å². The van der Waals surface area contributed by atoms with Crippen LogP contribution >= 0.6 is 0 Å². The molecule has 0 saturated heterocycles. The molecule has 0 amide bonds. The lowest BCUT2D eigenvalue weighted by atomic mass is 9.81. The largest absolute Gasteiger partial charge is 0.497 e. The summed E-state index contributed by atoms with van der Waals surface area (Å²) in [6, 6.07) is 7.81. The molecule has 21 heavy (non-hydrogen) atoms. The van der Waals surface area contributed by atoms with E-state index < -0.39 is 0 Å². The molecular weight excluding hydrogens is 266 g/mol. The van der Waals surface area contributed by atoms with Crippen molar-refractivity contribution in [3.63, 3.8) is 0 Å². The van der Waals surface area contributed by atoms with E-state index in [0.29, 0.717) is 0 Å². The van der Waals surface area contributed by atoms with Crippen LogP contribution in [-0.2, 0) is 5.54 Å². The lowest BCUT2D eigenvalue weighted by Gasteiger charge is -2.35. The van der Waals surface area contributed by atoms with Crippen molar-refractivity contribution in [2.24, 2.45) is 0 Å². The van der Waals surface area contributed by atoms with Gasteiger partial charge in [0, 0.05) is 6.07 Å². The van der Waals surface area contributed by atoms with Crippen LogP contribution in [0.2, 0.25) is 0 Å². The zero-order valence-corrected chi connectivity index (χ0v) is 12.5. The molecule has 1 aromatic heterocycles. The first-order valence-electron chi connectivity index (χ1n) is 7.41. The number of nitrogens with one attached hydrogen (secondary N) is 1. The average molecular weight is 287 g/mol. The van der Waals surface area contributed by atoms with Crippen molar-refractivity contribution in [2.75, 3.05) is 14.2 Å². The fourth-order valence-electron chi connectivity index (χ4n) is 3.14. The number of hydrogen-bond acceptors (Lipinski definition) is 5. The number of ether oxygens (including phenoxy) is 1. The number of benzene rings is 1. The van der Waals surface area contributed by atoms with Gasteiger partial charge in [0.1, 0.15) is 5.75 Å². The van der Waals surface area contributed by atoms with Gasteiger partial charge >= 0.3 is 0 Å². The van der Waals surface area contributed by atoms with Gasteiger partial charge in [0.25, 0.3) is 0 Å². The first kappa shape index (κ1) is 14.0. The molecule has 6 heteroatoms. The van der Waals surface area contributed by atoms with Crippen LogP contribution in [0.15, 0.2) is 24.3 Å². The third-order valence-corrected chi connectivity index (χ3v) is 4.38. The van der Waals surface area contributed by atoms with Crippen molar-refractivity contribution in [3.8, 4) is 11.4 Å². The summed E-state index contributed by atoms with van der Waals surface area (Å²) in [6.45, 7) is 0. The maximum atomic E-state index is 5.29. The molecule has 2 aromatic rings. The van der Waals surface area contributed by atoms with Crippen molar-refractivity contribution < 1.29 is 4.74 Å². The molecule has 1 aliphatic rings. The maximum absolute atomic E-state index is 5.29. The molecule has 1 aliphatic carbocycles. The molecule has 6 nitrogen and oxygen atoms in total. The normalized spacial score (nSPS) is 17.6. The van der Waals surface area contributed by atoms with E-state index >= 15 is 0 Å². The van der Waals surface area contributed by atoms with Crippen LogP contribution in [0.25, 0.3) is 5.69 Å². The number of methoxy groups -OCH3 is 1. The highest BCUT2D eigenvalue weighted by molar-refractivity contribution is 5.39. The molecule has 0 bridgehead atoms. The molecular formula is C15H21N5O. The lowest BCUT2D eigenvalue weighted by molar-refractivity contribution is 0.232. The first-order chi connectivity index (χ1) is 10.3. The molecule has 1 N–H and O–H groups in total. The number of nitrogens with zero attached hydrogens (tertiary/aromatic N) is 4. The summed E-state index contributed by atoms with van der Waals surface area (Å²) in [5, 5.41) is 15.9. The highest BCUT2D eigenvalue weighted by atomic mass is 16.5. The van der Waals surface area contributed by atoms with Gasteiger partial charge in [0.15, 0.2) is 5.82 Å². The van der Waals surface area contributed by atoms with E-state index in [-0.39, 0.29) is 5.54 Å². The summed E-state index contributed by atoms with van der Waals surface area (Å²) in [5.41, 5.74) is 0.791. The lowest BCUT2D eigenvalue weighted by Crippen LogP contribution is -2.44. The van der Waals surface area contributed by atoms with Crippen LogP contribution in [0.5, 0.6) is 5.75 Å². The van der Waals surface area contributed by atoms with E-state index in [4.69, 9.17) is 4.74 Å². The summed E-state index contributed by atoms with van der Waals surface area (Å²) in [4.78, 5) is 0. The van der Waals surface area contributed by atoms with E-state index in [1.54, 1.807) is 7.11 Å². The van der Waals surface area contributed by atoms with Gasteiger partial charge in [-0.3, -0.25) is 0 Å². The Labute approximate surface area is 124 Å². The van der Waals surface area contributed by atoms with Crippen LogP contribution < -0.4 is 10.1 Å². The Hall–Kier alpha value is -1.95. The monoisotopic (exact) mass is 287 g/mol. The van der Waals surface area contributed by atoms with Crippen molar-refractivity contribution in [1.29, 1.82) is 0 Å². The Bertz CT molecular complexity index is 604. The van der Waals surface area contributed by atoms with E-state index in [2.05, 4.69) is 20.8 Å². The number of tetrazole rings is 1. The highest BCUT2D eigenvalue weighted by Crippen LogP contribution is 2.36. The fraction of sp³-hybridized carbons (Fsp3) is 0.533. The van der Waals surface area contributed by atoms with Gasteiger partial charge in [-0.25, -0.2) is 0 Å². The van der Waals surface area contributed by atoms with Crippen molar-refractivity contribution in [3.05, 3.63) is 30.1 Å². The first-order valence-corrected chi connectivity index (χ1v) is 7.41. The van der Waals surface area contributed by atoms with Crippen molar-refractivity contribution in [2.45, 2.75) is 37.6 Å². The maximum Gasteiger partial charge on any atom is 0.176 e. The second-order valence-corrected chi connectivity index (χ2v) is 5.51. The van der Waals surface area contributed by atoms with E-state index in [0.717, 1.165) is 30.1 Å². The minimum Gasteiger partial charge on any atom is -0.497 e. The Kier molecular flexibility index (Phi) is 3.88. The van der Waals surface area contributed by atoms with Gasteiger partial charge in [-0.15, -0.1) is 5.10 Å². The summed E-state index contributed by atoms with van der Waals surface area (Å²) in [5.74, 6) is 1.69. The molecule has 0 aliphatic heterocycles. The van der Waals surface area contributed by atoms with Crippen LogP contribution in [0.1, 0.15) is 37.9 Å². The van der Waals surface area contributed by atoms with Gasteiger partial charge in [0.05, 0.1) is 18.3 Å². The highest BCUT2D eigenvalue weighted by Gasteiger charge is 2.37.